The Morgan fingerprint density at radius 1 is 0.742 bits per heavy atom. The molecule has 0 fully saturated rings. The quantitative estimate of drug-likeness (QED) is 0.292. The second kappa shape index (κ2) is 6.74. The number of benzene rings is 4. The number of anilines is 1. The van der Waals surface area contributed by atoms with Gasteiger partial charge in [-0.25, -0.2) is 9.88 Å². The monoisotopic (exact) mass is 440 g/mol. The van der Waals surface area contributed by atoms with Crippen molar-refractivity contribution in [1.29, 1.82) is 0 Å². The van der Waals surface area contributed by atoms with Crippen LogP contribution in [0.1, 0.15) is 20.7 Å². The van der Waals surface area contributed by atoms with E-state index in [0.717, 1.165) is 26.7 Å². The van der Waals surface area contributed by atoms with E-state index in [1.165, 1.54) is 16.2 Å². The van der Waals surface area contributed by atoms with E-state index in [1.54, 1.807) is 12.1 Å². The summed E-state index contributed by atoms with van der Waals surface area (Å²) in [6.45, 7) is 0. The minimum atomic E-state index is -0.351. The lowest BCUT2D eigenvalue weighted by atomic mass is 9.89. The fourth-order valence-corrected chi connectivity index (χ4v) is 5.20. The Bertz CT molecular complexity index is 1480. The number of imide groups is 1. The van der Waals surface area contributed by atoms with Gasteiger partial charge in [-0.2, -0.15) is 0 Å². The van der Waals surface area contributed by atoms with Crippen molar-refractivity contribution in [3.8, 4) is 11.1 Å². The van der Waals surface area contributed by atoms with E-state index in [9.17, 15) is 9.59 Å². The minimum Gasteiger partial charge on any atom is -0.268 e. The van der Waals surface area contributed by atoms with Crippen molar-refractivity contribution in [3.05, 3.63) is 95.0 Å². The molecule has 5 aromatic rings. The minimum absolute atomic E-state index is 0.351. The van der Waals surface area contributed by atoms with Crippen molar-refractivity contribution in [2.75, 3.05) is 4.90 Å². The molecule has 0 saturated carbocycles. The molecule has 148 valence electrons. The van der Waals surface area contributed by atoms with Crippen LogP contribution in [0.3, 0.4) is 0 Å². The second-order valence-corrected chi connectivity index (χ2v) is 8.75. The highest BCUT2D eigenvalue weighted by atomic mass is 35.5. The number of fused-ring (bicyclic) bond motifs is 1. The van der Waals surface area contributed by atoms with Gasteiger partial charge in [0.2, 0.25) is 5.13 Å². The molecule has 1 aromatic heterocycles. The maximum atomic E-state index is 13.4. The summed E-state index contributed by atoms with van der Waals surface area (Å²) in [7, 11) is 0. The van der Waals surface area contributed by atoms with Crippen LogP contribution in [0.15, 0.2) is 78.9 Å². The van der Waals surface area contributed by atoms with Gasteiger partial charge in [0.25, 0.3) is 11.8 Å². The van der Waals surface area contributed by atoms with Gasteiger partial charge in [0, 0.05) is 21.5 Å². The number of hydrogen-bond donors (Lipinski definition) is 0. The Hall–Kier alpha value is -3.54. The lowest BCUT2D eigenvalue weighted by Gasteiger charge is -2.26. The Labute approximate surface area is 186 Å². The zero-order chi connectivity index (χ0) is 21.1. The molecule has 0 unspecified atom stereocenters. The molecular weight excluding hydrogens is 428 g/mol. The number of aromatic nitrogens is 1. The molecule has 1 aliphatic heterocycles. The summed E-state index contributed by atoms with van der Waals surface area (Å²) < 4.78 is 0.931. The Kier molecular flexibility index (Phi) is 3.96. The molecule has 0 bridgehead atoms. The first-order chi connectivity index (χ1) is 15.1. The molecular formula is C25H13ClN2O2S. The van der Waals surface area contributed by atoms with Gasteiger partial charge in [0.15, 0.2) is 0 Å². The number of carbonyl (C=O) groups excluding carboxylic acids is 2. The molecule has 2 amide bonds. The Morgan fingerprint density at radius 3 is 2.23 bits per heavy atom. The van der Waals surface area contributed by atoms with E-state index in [0.29, 0.717) is 26.7 Å². The zero-order valence-corrected chi connectivity index (χ0v) is 17.6. The summed E-state index contributed by atoms with van der Waals surface area (Å²) in [6, 6.07) is 24.4. The molecule has 0 saturated heterocycles. The van der Waals surface area contributed by atoms with E-state index in [-0.39, 0.29) is 11.8 Å². The first-order valence-corrected chi connectivity index (χ1v) is 10.9. The van der Waals surface area contributed by atoms with Gasteiger partial charge < -0.3 is 0 Å². The van der Waals surface area contributed by atoms with Crippen molar-refractivity contribution < 1.29 is 9.59 Å². The Balaban J connectivity index is 1.56. The highest BCUT2D eigenvalue weighted by molar-refractivity contribution is 7.22. The summed E-state index contributed by atoms with van der Waals surface area (Å²) in [5.74, 6) is -0.703. The number of thiazole rings is 1. The van der Waals surface area contributed by atoms with Crippen LogP contribution in [0, 0.1) is 0 Å². The van der Waals surface area contributed by atoms with E-state index in [1.807, 2.05) is 66.7 Å². The van der Waals surface area contributed by atoms with Crippen molar-refractivity contribution >= 4 is 60.9 Å². The number of carbonyl (C=O) groups is 2. The third kappa shape index (κ3) is 2.71. The largest absolute Gasteiger partial charge is 0.268 e. The van der Waals surface area contributed by atoms with Gasteiger partial charge in [-0.05, 0) is 52.9 Å². The van der Waals surface area contributed by atoms with Gasteiger partial charge in [-0.3, -0.25) is 9.59 Å². The van der Waals surface area contributed by atoms with Crippen molar-refractivity contribution in [1.82, 2.24) is 4.98 Å². The van der Waals surface area contributed by atoms with Crippen LogP contribution in [-0.2, 0) is 0 Å². The third-order valence-corrected chi connectivity index (χ3v) is 6.81. The summed E-state index contributed by atoms with van der Waals surface area (Å²) in [4.78, 5) is 32.6. The topological polar surface area (TPSA) is 50.3 Å². The van der Waals surface area contributed by atoms with Gasteiger partial charge in [0.1, 0.15) is 0 Å². The molecule has 6 rings (SSSR count). The molecule has 31 heavy (non-hydrogen) atoms. The van der Waals surface area contributed by atoms with Crippen LogP contribution in [0.2, 0.25) is 5.02 Å². The lowest BCUT2D eigenvalue weighted by molar-refractivity contribution is 0.0893. The highest BCUT2D eigenvalue weighted by Crippen LogP contribution is 2.39. The van der Waals surface area contributed by atoms with Crippen LogP contribution in [0.25, 0.3) is 32.1 Å². The summed E-state index contributed by atoms with van der Waals surface area (Å²) in [5, 5.41) is 2.59. The number of halogens is 1. The Morgan fingerprint density at radius 2 is 1.45 bits per heavy atom. The van der Waals surface area contributed by atoms with Gasteiger partial charge in [-0.1, -0.05) is 65.4 Å². The fraction of sp³-hybridized carbons (Fsp3) is 0. The van der Waals surface area contributed by atoms with Gasteiger partial charge in [-0.15, -0.1) is 0 Å². The number of para-hydroxylation sites is 1. The fourth-order valence-electron chi connectivity index (χ4n) is 4.11. The van der Waals surface area contributed by atoms with Crippen LogP contribution >= 0.6 is 22.9 Å². The zero-order valence-electron chi connectivity index (χ0n) is 16.0. The molecule has 0 aliphatic carbocycles. The number of rotatable bonds is 2. The predicted octanol–water partition coefficient (Wildman–Crippen LogP) is 6.57. The summed E-state index contributed by atoms with van der Waals surface area (Å²) >= 11 is 7.38. The van der Waals surface area contributed by atoms with Crippen LogP contribution in [-0.4, -0.2) is 16.8 Å². The number of hydrogen-bond acceptors (Lipinski definition) is 4. The molecule has 0 spiro atoms. The van der Waals surface area contributed by atoms with Gasteiger partial charge >= 0.3 is 0 Å². The third-order valence-electron chi connectivity index (χ3n) is 5.54. The molecule has 4 aromatic carbocycles. The number of amides is 2. The van der Waals surface area contributed by atoms with Crippen molar-refractivity contribution in [2.45, 2.75) is 0 Å². The maximum Gasteiger partial charge on any atom is 0.267 e. The summed E-state index contributed by atoms with van der Waals surface area (Å²) in [5.41, 5.74) is 3.70. The second-order valence-electron chi connectivity index (χ2n) is 7.31. The summed E-state index contributed by atoms with van der Waals surface area (Å²) in [6.07, 6.45) is 0. The van der Waals surface area contributed by atoms with Crippen LogP contribution < -0.4 is 4.90 Å². The van der Waals surface area contributed by atoms with Crippen LogP contribution in [0.5, 0.6) is 0 Å². The molecule has 2 heterocycles. The SMILES string of the molecule is O=C1c2cccc3c(-c4ccc(Cl)cc4)ccc(c23)C(=O)N1c1nc2ccccc2s1. The predicted molar refractivity (Wildman–Crippen MR) is 125 cm³/mol. The lowest BCUT2D eigenvalue weighted by Crippen LogP contribution is -2.40. The smallest absolute Gasteiger partial charge is 0.267 e. The molecule has 1 aliphatic rings. The molecule has 0 N–H and O–H groups in total. The normalized spacial score (nSPS) is 13.4. The maximum absolute atomic E-state index is 13.4. The van der Waals surface area contributed by atoms with Crippen molar-refractivity contribution in [2.24, 2.45) is 0 Å². The molecule has 0 radical (unpaired) electrons. The van der Waals surface area contributed by atoms with Gasteiger partial charge in [0.05, 0.1) is 10.2 Å². The van der Waals surface area contributed by atoms with E-state index < -0.39 is 0 Å². The van der Waals surface area contributed by atoms with Crippen LogP contribution in [0.4, 0.5) is 5.13 Å². The molecule has 0 atom stereocenters. The first-order valence-electron chi connectivity index (χ1n) is 9.68. The highest BCUT2D eigenvalue weighted by Gasteiger charge is 2.36. The van der Waals surface area contributed by atoms with E-state index in [2.05, 4.69) is 4.98 Å². The molecule has 6 heteroatoms. The van der Waals surface area contributed by atoms with E-state index >= 15 is 0 Å². The van der Waals surface area contributed by atoms with E-state index in [4.69, 9.17) is 11.6 Å². The van der Waals surface area contributed by atoms with Crippen molar-refractivity contribution in [3.63, 3.8) is 0 Å². The average molecular weight is 441 g/mol. The number of nitrogens with zero attached hydrogens (tertiary/aromatic N) is 2. The average Bonchev–Trinajstić information content (AvgIpc) is 3.21. The molecule has 4 nitrogen and oxygen atoms in total. The standard InChI is InChI=1S/C25H13ClN2O2S/c26-15-10-8-14(9-11-15)16-12-13-19-22-17(16)4-3-5-18(22)23(29)28(24(19)30)25-27-20-6-1-2-7-21(20)31-25/h1-13H. The first kappa shape index (κ1) is 18.2.